The van der Waals surface area contributed by atoms with Gasteiger partial charge in [0.2, 0.25) is 0 Å². The maximum Gasteiger partial charge on any atom is 0.189 e. The SMILES string of the molecule is CNC1C(O[C@H]2OC(C)[C@@H](N)C(O)C2O)O[C@H]2CC(N)[C@@H](O[C@H]3C=C(N)CCC3N)OC2C1O. The van der Waals surface area contributed by atoms with Crippen LogP contribution in [0.2, 0.25) is 0 Å². The molecular weight excluding hydrogens is 450 g/mol. The molecule has 3 saturated heterocycles. The fourth-order valence-corrected chi connectivity index (χ4v) is 4.97. The van der Waals surface area contributed by atoms with Gasteiger partial charge in [0, 0.05) is 11.7 Å². The summed E-state index contributed by atoms with van der Waals surface area (Å²) >= 11 is 0. The molecule has 3 heterocycles. The number of aliphatic hydroxyl groups is 3. The van der Waals surface area contributed by atoms with Crippen molar-refractivity contribution in [3.63, 3.8) is 0 Å². The van der Waals surface area contributed by atoms with Crippen LogP contribution in [-0.2, 0) is 23.7 Å². The summed E-state index contributed by atoms with van der Waals surface area (Å²) in [7, 11) is 1.64. The number of rotatable bonds is 5. The van der Waals surface area contributed by atoms with Crippen molar-refractivity contribution in [3.8, 4) is 0 Å². The molecule has 3 aliphatic heterocycles. The van der Waals surface area contributed by atoms with Gasteiger partial charge in [-0.05, 0) is 39.3 Å². The Labute approximate surface area is 198 Å². The van der Waals surface area contributed by atoms with E-state index in [0.717, 1.165) is 0 Å². The van der Waals surface area contributed by atoms with Crippen LogP contribution >= 0.6 is 0 Å². The number of hydrogen-bond acceptors (Lipinski definition) is 13. The minimum atomic E-state index is -1.38. The molecule has 4 rings (SSSR count). The number of nitrogens with two attached hydrogens (primary N) is 4. The summed E-state index contributed by atoms with van der Waals surface area (Å²) in [4.78, 5) is 0. The van der Waals surface area contributed by atoms with Crippen LogP contribution in [0, 0.1) is 0 Å². The van der Waals surface area contributed by atoms with Crippen LogP contribution in [0.15, 0.2) is 11.8 Å². The number of nitrogens with one attached hydrogen (secondary N) is 1. The second-order valence-electron chi connectivity index (χ2n) is 9.67. The van der Waals surface area contributed by atoms with Crippen molar-refractivity contribution in [1.82, 2.24) is 5.32 Å². The normalized spacial score (nSPS) is 52.1. The molecule has 34 heavy (non-hydrogen) atoms. The predicted octanol–water partition coefficient (Wildman–Crippen LogP) is -3.74. The molecule has 0 saturated carbocycles. The first-order valence-corrected chi connectivity index (χ1v) is 11.8. The highest BCUT2D eigenvalue weighted by atomic mass is 16.8. The fraction of sp³-hybridized carbons (Fsp3) is 0.905. The summed E-state index contributed by atoms with van der Waals surface area (Å²) in [5, 5.41) is 34.7. The molecule has 3 fully saturated rings. The van der Waals surface area contributed by atoms with Gasteiger partial charge in [-0.2, -0.15) is 0 Å². The van der Waals surface area contributed by atoms with Gasteiger partial charge in [-0.3, -0.25) is 0 Å². The Morgan fingerprint density at radius 3 is 2.38 bits per heavy atom. The van der Waals surface area contributed by atoms with Gasteiger partial charge in [0.25, 0.3) is 0 Å². The minimum absolute atomic E-state index is 0.232. The van der Waals surface area contributed by atoms with Crippen molar-refractivity contribution in [2.75, 3.05) is 7.05 Å². The summed E-state index contributed by atoms with van der Waals surface area (Å²) in [6.45, 7) is 1.67. The van der Waals surface area contributed by atoms with Crippen molar-refractivity contribution in [1.29, 1.82) is 0 Å². The number of likely N-dealkylation sites (N-methyl/N-ethyl adjacent to an activating group) is 1. The van der Waals surface area contributed by atoms with Crippen molar-refractivity contribution in [2.45, 2.75) is 112 Å². The highest BCUT2D eigenvalue weighted by Crippen LogP contribution is 2.35. The lowest BCUT2D eigenvalue weighted by Crippen LogP contribution is -2.69. The van der Waals surface area contributed by atoms with Crippen molar-refractivity contribution < 1.29 is 39.0 Å². The van der Waals surface area contributed by atoms with Crippen LogP contribution in [0.4, 0.5) is 0 Å². The van der Waals surface area contributed by atoms with Gasteiger partial charge in [-0.25, -0.2) is 0 Å². The third-order valence-electron chi connectivity index (χ3n) is 7.19. The zero-order chi connectivity index (χ0) is 24.7. The number of allylic oxidation sites excluding steroid dienone is 1. The lowest BCUT2D eigenvalue weighted by Gasteiger charge is -2.51. The van der Waals surface area contributed by atoms with Crippen LogP contribution < -0.4 is 28.3 Å². The molecule has 0 spiro atoms. The van der Waals surface area contributed by atoms with E-state index in [1.54, 1.807) is 20.0 Å². The zero-order valence-electron chi connectivity index (χ0n) is 19.5. The average Bonchev–Trinajstić information content (AvgIpc) is 2.79. The first kappa shape index (κ1) is 26.1. The second-order valence-corrected chi connectivity index (χ2v) is 9.67. The highest BCUT2D eigenvalue weighted by Gasteiger charge is 2.53. The number of hydrogen-bond donors (Lipinski definition) is 8. The quantitative estimate of drug-likeness (QED) is 0.186. The van der Waals surface area contributed by atoms with E-state index in [1.807, 2.05) is 0 Å². The van der Waals surface area contributed by atoms with E-state index in [1.165, 1.54) is 0 Å². The third-order valence-corrected chi connectivity index (χ3v) is 7.19. The van der Waals surface area contributed by atoms with Crippen LogP contribution in [0.25, 0.3) is 0 Å². The van der Waals surface area contributed by atoms with Crippen molar-refractivity contribution >= 4 is 0 Å². The molecule has 0 aromatic heterocycles. The number of ether oxygens (including phenoxy) is 5. The van der Waals surface area contributed by atoms with E-state index in [4.69, 9.17) is 46.6 Å². The minimum Gasteiger partial charge on any atom is -0.402 e. The summed E-state index contributed by atoms with van der Waals surface area (Å²) in [6.07, 6.45) is -5.56. The van der Waals surface area contributed by atoms with E-state index in [-0.39, 0.29) is 6.04 Å². The molecule has 13 nitrogen and oxygen atoms in total. The van der Waals surface area contributed by atoms with Gasteiger partial charge in [0.1, 0.15) is 24.4 Å². The van der Waals surface area contributed by atoms with Gasteiger partial charge in [-0.1, -0.05) is 0 Å². The lowest BCUT2D eigenvalue weighted by atomic mass is 9.90. The van der Waals surface area contributed by atoms with Gasteiger partial charge >= 0.3 is 0 Å². The Kier molecular flexibility index (Phi) is 8.13. The standard InChI is InChI=1S/C21H39N5O8/c1-7-13(25)15(27)17(29)21(30-7)34-20-14(26-2)16(28)18-12(32-20)6-10(24)19(33-18)31-11-5-8(22)3-4-9(11)23/h5,7,9-21,26-29H,3-4,6,22-25H2,1-2H3/t7?,9?,10?,11-,12-,13+,14?,15?,16?,17?,18?,19-,20?,21+/m0/s1. The summed E-state index contributed by atoms with van der Waals surface area (Å²) in [5.74, 6) is 0. The highest BCUT2D eigenvalue weighted by molar-refractivity contribution is 5.09. The smallest absolute Gasteiger partial charge is 0.189 e. The molecule has 14 atom stereocenters. The molecule has 1 aliphatic carbocycles. The summed E-state index contributed by atoms with van der Waals surface area (Å²) in [6, 6.07) is -2.28. The van der Waals surface area contributed by atoms with Crippen LogP contribution in [0.1, 0.15) is 26.2 Å². The molecular formula is C21H39N5O8. The Morgan fingerprint density at radius 1 is 0.941 bits per heavy atom. The molecule has 4 aliphatic rings. The van der Waals surface area contributed by atoms with Gasteiger partial charge in [0.05, 0.1) is 36.4 Å². The Hall–Kier alpha value is -0.940. The maximum atomic E-state index is 11.1. The topological polar surface area (TPSA) is 223 Å². The molecule has 0 radical (unpaired) electrons. The number of aliphatic hydroxyl groups excluding tert-OH is 3. The molecule has 0 aromatic rings. The fourth-order valence-electron chi connectivity index (χ4n) is 4.97. The molecule has 0 aromatic carbocycles. The van der Waals surface area contributed by atoms with Crippen molar-refractivity contribution in [2.24, 2.45) is 22.9 Å². The Bertz CT molecular complexity index is 731. The van der Waals surface area contributed by atoms with Gasteiger partial charge in [0.15, 0.2) is 18.9 Å². The molecule has 196 valence electrons. The Balaban J connectivity index is 1.43. The predicted molar refractivity (Wildman–Crippen MR) is 119 cm³/mol. The van der Waals surface area contributed by atoms with Crippen LogP contribution in [0.3, 0.4) is 0 Å². The van der Waals surface area contributed by atoms with E-state index in [2.05, 4.69) is 5.32 Å². The van der Waals surface area contributed by atoms with Gasteiger partial charge < -0.3 is 67.3 Å². The van der Waals surface area contributed by atoms with E-state index < -0.39 is 79.7 Å². The average molecular weight is 490 g/mol. The zero-order valence-corrected chi connectivity index (χ0v) is 19.5. The molecule has 12 N–H and O–H groups in total. The largest absolute Gasteiger partial charge is 0.402 e. The Morgan fingerprint density at radius 2 is 1.68 bits per heavy atom. The van der Waals surface area contributed by atoms with E-state index >= 15 is 0 Å². The molecule has 9 unspecified atom stereocenters. The first-order valence-electron chi connectivity index (χ1n) is 11.8. The summed E-state index contributed by atoms with van der Waals surface area (Å²) < 4.78 is 29.7. The lowest BCUT2D eigenvalue weighted by molar-refractivity contribution is -0.369. The number of fused-ring (bicyclic) bond motifs is 1. The molecule has 0 amide bonds. The monoisotopic (exact) mass is 489 g/mol. The van der Waals surface area contributed by atoms with Crippen molar-refractivity contribution in [3.05, 3.63) is 11.8 Å². The molecule has 13 heteroatoms. The first-order chi connectivity index (χ1) is 16.1. The third kappa shape index (κ3) is 5.12. The second kappa shape index (κ2) is 10.6. The summed E-state index contributed by atoms with van der Waals surface area (Å²) in [5.41, 5.74) is 25.0. The maximum absolute atomic E-state index is 11.1. The van der Waals surface area contributed by atoms with E-state index in [0.29, 0.717) is 25.0 Å². The molecule has 0 bridgehead atoms. The van der Waals surface area contributed by atoms with Crippen LogP contribution in [0.5, 0.6) is 0 Å². The van der Waals surface area contributed by atoms with Gasteiger partial charge in [-0.15, -0.1) is 0 Å². The van der Waals surface area contributed by atoms with Crippen LogP contribution in [-0.4, -0.2) is 108 Å². The van der Waals surface area contributed by atoms with E-state index in [9.17, 15) is 15.3 Å².